The number of likely N-dealkylation sites (N-methyl/N-ethyl adjacent to an activating group) is 1. The molecule has 0 saturated heterocycles. The maximum atomic E-state index is 14.4. The van der Waals surface area contributed by atoms with E-state index >= 15 is 0 Å². The van der Waals surface area contributed by atoms with Crippen molar-refractivity contribution in [3.63, 3.8) is 0 Å². The smallest absolute Gasteiger partial charge is 0.143 e. The maximum absolute atomic E-state index is 14.4. The van der Waals surface area contributed by atoms with Gasteiger partial charge in [-0.2, -0.15) is 0 Å². The number of nitrogens with zero attached hydrogens (tertiary/aromatic N) is 1. The average molecular weight is 285 g/mol. The zero-order valence-electron chi connectivity index (χ0n) is 12.7. The molecule has 0 aliphatic carbocycles. The Bertz CT molecular complexity index is 666. The van der Waals surface area contributed by atoms with Crippen LogP contribution in [-0.2, 0) is 0 Å². The minimum Gasteiger partial charge on any atom is -0.490 e. The molecule has 2 nitrogen and oxygen atoms in total. The van der Waals surface area contributed by atoms with Crippen molar-refractivity contribution in [3.8, 4) is 16.9 Å². The van der Waals surface area contributed by atoms with Crippen LogP contribution in [0, 0.1) is 5.82 Å². The van der Waals surface area contributed by atoms with E-state index in [1.807, 2.05) is 37.4 Å². The first-order valence-electron chi connectivity index (χ1n) is 7.34. The summed E-state index contributed by atoms with van der Waals surface area (Å²) in [4.78, 5) is 2.15. The number of anilines is 1. The number of benzene rings is 2. The molecule has 0 unspecified atom stereocenters. The third kappa shape index (κ3) is 2.60. The molecule has 0 aromatic heterocycles. The third-order valence-electron chi connectivity index (χ3n) is 4.03. The molecule has 2 aromatic rings. The monoisotopic (exact) mass is 285 g/mol. The van der Waals surface area contributed by atoms with Gasteiger partial charge in [0.05, 0.1) is 12.2 Å². The molecule has 1 heterocycles. The van der Waals surface area contributed by atoms with Crippen molar-refractivity contribution < 1.29 is 9.13 Å². The predicted molar refractivity (Wildman–Crippen MR) is 84.7 cm³/mol. The van der Waals surface area contributed by atoms with Crippen LogP contribution in [0.1, 0.15) is 25.3 Å². The van der Waals surface area contributed by atoms with Crippen molar-refractivity contribution >= 4 is 5.69 Å². The third-order valence-corrected chi connectivity index (χ3v) is 4.03. The van der Waals surface area contributed by atoms with Crippen molar-refractivity contribution in [2.75, 3.05) is 25.1 Å². The van der Waals surface area contributed by atoms with Gasteiger partial charge in [-0.3, -0.25) is 0 Å². The van der Waals surface area contributed by atoms with Crippen LogP contribution in [0.4, 0.5) is 10.1 Å². The molecule has 0 fully saturated rings. The largest absolute Gasteiger partial charge is 0.490 e. The Hall–Kier alpha value is -2.03. The average Bonchev–Trinajstić information content (AvgIpc) is 2.47. The summed E-state index contributed by atoms with van der Waals surface area (Å²) in [6.45, 7) is 5.68. The minimum atomic E-state index is -0.176. The fourth-order valence-corrected chi connectivity index (χ4v) is 2.65. The minimum absolute atomic E-state index is 0.176. The lowest BCUT2D eigenvalue weighted by molar-refractivity contribution is 0.311. The van der Waals surface area contributed by atoms with Crippen molar-refractivity contribution in [1.29, 1.82) is 0 Å². The van der Waals surface area contributed by atoms with Gasteiger partial charge in [0.15, 0.2) is 0 Å². The number of fused-ring (bicyclic) bond motifs is 1. The molecular formula is C18H20FNO. The molecule has 1 aliphatic rings. The number of hydrogen-bond donors (Lipinski definition) is 0. The van der Waals surface area contributed by atoms with Gasteiger partial charge in [0.1, 0.15) is 18.2 Å². The van der Waals surface area contributed by atoms with E-state index < -0.39 is 0 Å². The topological polar surface area (TPSA) is 12.5 Å². The number of ether oxygens (including phenoxy) is 1. The summed E-state index contributed by atoms with van der Waals surface area (Å²) in [5.74, 6) is 0.980. The van der Waals surface area contributed by atoms with Gasteiger partial charge in [0, 0.05) is 12.6 Å². The van der Waals surface area contributed by atoms with Crippen LogP contribution < -0.4 is 9.64 Å². The highest BCUT2D eigenvalue weighted by Crippen LogP contribution is 2.36. The highest BCUT2D eigenvalue weighted by molar-refractivity contribution is 5.72. The molecule has 2 aromatic carbocycles. The Morgan fingerprint density at radius 1 is 1.14 bits per heavy atom. The normalized spacial score (nSPS) is 14.0. The quantitative estimate of drug-likeness (QED) is 0.808. The van der Waals surface area contributed by atoms with E-state index in [0.717, 1.165) is 29.1 Å². The van der Waals surface area contributed by atoms with E-state index in [9.17, 15) is 4.39 Å². The Kier molecular flexibility index (Phi) is 3.58. The van der Waals surface area contributed by atoms with Crippen LogP contribution >= 0.6 is 0 Å². The molecule has 0 N–H and O–H groups in total. The summed E-state index contributed by atoms with van der Waals surface area (Å²) < 4.78 is 20.0. The number of halogens is 1. The lowest BCUT2D eigenvalue weighted by atomic mass is 9.97. The first-order valence-corrected chi connectivity index (χ1v) is 7.34. The number of hydrogen-bond acceptors (Lipinski definition) is 2. The zero-order valence-corrected chi connectivity index (χ0v) is 12.7. The van der Waals surface area contributed by atoms with Gasteiger partial charge >= 0.3 is 0 Å². The Morgan fingerprint density at radius 2 is 1.95 bits per heavy atom. The first-order chi connectivity index (χ1) is 10.1. The van der Waals surface area contributed by atoms with Crippen molar-refractivity contribution in [2.45, 2.75) is 19.8 Å². The zero-order chi connectivity index (χ0) is 15.0. The molecule has 0 radical (unpaired) electrons. The summed E-state index contributed by atoms with van der Waals surface area (Å²) in [6.07, 6.45) is 0. The maximum Gasteiger partial charge on any atom is 0.143 e. The van der Waals surface area contributed by atoms with Gasteiger partial charge in [-0.05, 0) is 35.2 Å². The molecule has 0 amide bonds. The van der Waals surface area contributed by atoms with Crippen LogP contribution in [0.2, 0.25) is 0 Å². The Balaban J connectivity index is 2.01. The molecule has 0 saturated carbocycles. The van der Waals surface area contributed by atoms with Gasteiger partial charge in [0.25, 0.3) is 0 Å². The fourth-order valence-electron chi connectivity index (χ4n) is 2.65. The molecule has 1 aliphatic heterocycles. The second-order valence-electron chi connectivity index (χ2n) is 5.85. The van der Waals surface area contributed by atoms with Gasteiger partial charge < -0.3 is 9.64 Å². The summed E-state index contributed by atoms with van der Waals surface area (Å²) in [7, 11) is 2.04. The summed E-state index contributed by atoms with van der Waals surface area (Å²) in [6, 6.07) is 11.4. The highest BCUT2D eigenvalue weighted by Gasteiger charge is 2.16. The summed E-state index contributed by atoms with van der Waals surface area (Å²) >= 11 is 0. The van der Waals surface area contributed by atoms with Crippen molar-refractivity contribution in [2.24, 2.45) is 0 Å². The SMILES string of the molecule is CC(C)c1ccc(-c2ccc3c(c2)OCCN3C)c(F)c1. The van der Waals surface area contributed by atoms with Gasteiger partial charge in [0.2, 0.25) is 0 Å². The first kappa shape index (κ1) is 13.9. The molecule has 3 heteroatoms. The Labute approximate surface area is 125 Å². The van der Waals surface area contributed by atoms with Gasteiger partial charge in [-0.1, -0.05) is 32.0 Å². The van der Waals surface area contributed by atoms with Gasteiger partial charge in [-0.25, -0.2) is 4.39 Å². The standard InChI is InChI=1S/C18H20FNO/c1-12(2)13-4-6-15(16(19)10-13)14-5-7-17-18(11-14)21-9-8-20(17)3/h4-7,10-12H,8-9H2,1-3H3. The van der Waals surface area contributed by atoms with Crippen LogP contribution in [0.3, 0.4) is 0 Å². The van der Waals surface area contributed by atoms with Crippen molar-refractivity contribution in [3.05, 3.63) is 47.8 Å². The van der Waals surface area contributed by atoms with Crippen LogP contribution in [0.5, 0.6) is 5.75 Å². The van der Waals surface area contributed by atoms with E-state index in [2.05, 4.69) is 18.7 Å². The van der Waals surface area contributed by atoms with Crippen LogP contribution in [0.15, 0.2) is 36.4 Å². The molecule has 21 heavy (non-hydrogen) atoms. The van der Waals surface area contributed by atoms with E-state index in [-0.39, 0.29) is 5.82 Å². The molecule has 110 valence electrons. The lowest BCUT2D eigenvalue weighted by Gasteiger charge is -2.28. The fraction of sp³-hybridized carbons (Fsp3) is 0.333. The summed E-state index contributed by atoms with van der Waals surface area (Å²) in [5.41, 5.74) is 3.56. The Morgan fingerprint density at radius 3 is 2.67 bits per heavy atom. The summed E-state index contributed by atoms with van der Waals surface area (Å²) in [5, 5.41) is 0. The van der Waals surface area contributed by atoms with Gasteiger partial charge in [-0.15, -0.1) is 0 Å². The molecule has 0 spiro atoms. The van der Waals surface area contributed by atoms with E-state index in [0.29, 0.717) is 18.1 Å². The van der Waals surface area contributed by atoms with E-state index in [1.165, 1.54) is 0 Å². The van der Waals surface area contributed by atoms with E-state index in [1.54, 1.807) is 6.07 Å². The lowest BCUT2D eigenvalue weighted by Crippen LogP contribution is -2.28. The van der Waals surface area contributed by atoms with Crippen molar-refractivity contribution in [1.82, 2.24) is 0 Å². The van der Waals surface area contributed by atoms with Crippen LogP contribution in [-0.4, -0.2) is 20.2 Å². The van der Waals surface area contributed by atoms with Crippen LogP contribution in [0.25, 0.3) is 11.1 Å². The molecule has 0 bridgehead atoms. The van der Waals surface area contributed by atoms with E-state index in [4.69, 9.17) is 4.74 Å². The molecule has 3 rings (SSSR count). The predicted octanol–water partition coefficient (Wildman–Crippen LogP) is 4.44. The highest BCUT2D eigenvalue weighted by atomic mass is 19.1. The second kappa shape index (κ2) is 5.40. The second-order valence-corrected chi connectivity index (χ2v) is 5.85. The number of rotatable bonds is 2. The molecule has 0 atom stereocenters. The molecular weight excluding hydrogens is 265 g/mol.